The first-order valence-corrected chi connectivity index (χ1v) is 9.86. The first kappa shape index (κ1) is 17.8. The van der Waals surface area contributed by atoms with E-state index in [2.05, 4.69) is 30.2 Å². The first-order valence-electron chi connectivity index (χ1n) is 9.86. The molecule has 0 amide bonds. The Morgan fingerprint density at radius 2 is 2.19 bits per heavy atom. The zero-order valence-corrected chi connectivity index (χ0v) is 16.5. The molecule has 6 rings (SSSR count). The Hall–Kier alpha value is -4.08. The summed E-state index contributed by atoms with van der Waals surface area (Å²) in [7, 11) is 0. The minimum Gasteiger partial charge on any atom is -0.403 e. The number of nitrogens with zero attached hydrogens (tertiary/aromatic N) is 7. The van der Waals surface area contributed by atoms with E-state index in [0.29, 0.717) is 29.7 Å². The van der Waals surface area contributed by atoms with Crippen LogP contribution in [0.25, 0.3) is 17.0 Å². The fraction of sp³-hybridized carbons (Fsp3) is 0.190. The second kappa shape index (κ2) is 6.73. The van der Waals surface area contributed by atoms with Crippen LogP contribution in [0.3, 0.4) is 0 Å². The molecule has 0 saturated heterocycles. The Labute approximate surface area is 175 Å². The fourth-order valence-corrected chi connectivity index (χ4v) is 4.07. The predicted octanol–water partition coefficient (Wildman–Crippen LogP) is 3.10. The molecule has 0 aliphatic carbocycles. The topological polar surface area (TPSA) is 101 Å². The largest absolute Gasteiger partial charge is 0.403 e. The van der Waals surface area contributed by atoms with Crippen molar-refractivity contribution >= 4 is 11.5 Å². The van der Waals surface area contributed by atoms with Crippen molar-refractivity contribution in [3.05, 3.63) is 77.6 Å². The number of hydrogen-bond acceptors (Lipinski definition) is 7. The van der Waals surface area contributed by atoms with Gasteiger partial charge in [0.2, 0.25) is 5.89 Å². The van der Waals surface area contributed by atoms with Crippen molar-refractivity contribution < 1.29 is 8.81 Å². The van der Waals surface area contributed by atoms with Gasteiger partial charge in [-0.25, -0.2) is 13.9 Å². The average Bonchev–Trinajstić information content (AvgIpc) is 3.52. The standard InChI is InChI=1S/C21H17FN8O/c1-12-10-23-6-4-13(12)20-26-27-21(31-20)29-8-5-15-18(25-11-24-15)19(29)16-9-17-14(22)3-2-7-30(17)28-16/h2-4,6-7,9-11,19H,5,8H2,1H3,(H,24,25)/t19-/m1/s1. The minimum absolute atomic E-state index is 0.334. The summed E-state index contributed by atoms with van der Waals surface area (Å²) >= 11 is 0. The number of hydrogen-bond donors (Lipinski definition) is 1. The van der Waals surface area contributed by atoms with Crippen molar-refractivity contribution in [2.75, 3.05) is 11.4 Å². The molecule has 0 radical (unpaired) electrons. The van der Waals surface area contributed by atoms with Crippen molar-refractivity contribution in [2.45, 2.75) is 19.4 Å². The Kier molecular flexibility index (Phi) is 3.85. The average molecular weight is 416 g/mol. The van der Waals surface area contributed by atoms with E-state index < -0.39 is 0 Å². The molecule has 0 spiro atoms. The summed E-state index contributed by atoms with van der Waals surface area (Å²) in [5.41, 5.74) is 4.66. The van der Waals surface area contributed by atoms with Crippen LogP contribution in [-0.4, -0.2) is 41.3 Å². The van der Waals surface area contributed by atoms with Crippen LogP contribution in [0, 0.1) is 12.7 Å². The van der Waals surface area contributed by atoms with Gasteiger partial charge in [-0.05, 0) is 36.8 Å². The monoisotopic (exact) mass is 416 g/mol. The lowest BCUT2D eigenvalue weighted by Gasteiger charge is -2.32. The number of rotatable bonds is 3. The number of aromatic nitrogens is 7. The van der Waals surface area contributed by atoms with Crippen molar-refractivity contribution in [1.29, 1.82) is 0 Å². The van der Waals surface area contributed by atoms with Crippen LogP contribution < -0.4 is 4.90 Å². The van der Waals surface area contributed by atoms with Crippen LogP contribution in [-0.2, 0) is 6.42 Å². The minimum atomic E-state index is -0.388. The number of aryl methyl sites for hydroxylation is 1. The molecule has 0 aromatic carbocycles. The van der Waals surface area contributed by atoms with E-state index >= 15 is 0 Å². The van der Waals surface area contributed by atoms with Crippen molar-refractivity contribution in [1.82, 2.24) is 34.8 Å². The highest BCUT2D eigenvalue weighted by Gasteiger charge is 2.36. The highest BCUT2D eigenvalue weighted by molar-refractivity contribution is 5.58. The molecule has 5 aromatic heterocycles. The molecular formula is C21H17FN8O. The molecule has 31 heavy (non-hydrogen) atoms. The summed E-state index contributed by atoms with van der Waals surface area (Å²) in [6, 6.07) is 6.60. The molecule has 9 nitrogen and oxygen atoms in total. The van der Waals surface area contributed by atoms with Crippen LogP contribution in [0.5, 0.6) is 0 Å². The second-order valence-electron chi connectivity index (χ2n) is 7.45. The number of aromatic amines is 1. The van der Waals surface area contributed by atoms with Crippen molar-refractivity contribution in [2.24, 2.45) is 0 Å². The fourth-order valence-electron chi connectivity index (χ4n) is 4.07. The summed E-state index contributed by atoms with van der Waals surface area (Å²) in [4.78, 5) is 13.8. The molecule has 10 heteroatoms. The van der Waals surface area contributed by atoms with Gasteiger partial charge in [-0.3, -0.25) is 4.98 Å². The van der Waals surface area contributed by atoms with Crippen molar-refractivity contribution in [3.8, 4) is 11.5 Å². The number of anilines is 1. The van der Waals surface area contributed by atoms with Gasteiger partial charge < -0.3 is 14.3 Å². The van der Waals surface area contributed by atoms with Crippen LogP contribution in [0.15, 0.2) is 53.6 Å². The van der Waals surface area contributed by atoms with Gasteiger partial charge >= 0.3 is 6.01 Å². The Balaban J connectivity index is 1.46. The summed E-state index contributed by atoms with van der Waals surface area (Å²) in [6.07, 6.45) is 7.56. The molecule has 5 aromatic rings. The van der Waals surface area contributed by atoms with E-state index in [4.69, 9.17) is 4.42 Å². The SMILES string of the molecule is Cc1cnccc1-c1nnc(N2CCc3[nH]cnc3[C@H]2c2cc3c(F)cccn3n2)o1. The van der Waals surface area contributed by atoms with Gasteiger partial charge in [0.15, 0.2) is 0 Å². The lowest BCUT2D eigenvalue weighted by Crippen LogP contribution is -2.36. The molecule has 1 atom stereocenters. The molecule has 0 unspecified atom stereocenters. The molecule has 154 valence electrons. The number of pyridine rings is 2. The second-order valence-corrected chi connectivity index (χ2v) is 7.45. The van der Waals surface area contributed by atoms with E-state index in [1.807, 2.05) is 17.9 Å². The summed E-state index contributed by atoms with van der Waals surface area (Å²) in [5, 5.41) is 13.2. The quantitative estimate of drug-likeness (QED) is 0.482. The van der Waals surface area contributed by atoms with Gasteiger partial charge in [0.05, 0.1) is 17.7 Å². The summed E-state index contributed by atoms with van der Waals surface area (Å²) in [5.74, 6) is 0.0848. The van der Waals surface area contributed by atoms with Gasteiger partial charge in [0.1, 0.15) is 17.4 Å². The highest BCUT2D eigenvalue weighted by Crippen LogP contribution is 2.37. The molecular weight excluding hydrogens is 399 g/mol. The maximum Gasteiger partial charge on any atom is 0.319 e. The van der Waals surface area contributed by atoms with Gasteiger partial charge in [-0.1, -0.05) is 5.10 Å². The number of fused-ring (bicyclic) bond motifs is 2. The van der Waals surface area contributed by atoms with E-state index in [0.717, 1.165) is 28.9 Å². The number of halogens is 1. The Morgan fingerprint density at radius 1 is 1.26 bits per heavy atom. The van der Waals surface area contributed by atoms with Crippen LogP contribution in [0.4, 0.5) is 10.4 Å². The normalized spacial score (nSPS) is 16.1. The number of nitrogens with one attached hydrogen (secondary N) is 1. The van der Waals surface area contributed by atoms with Crippen LogP contribution in [0.1, 0.15) is 28.7 Å². The summed E-state index contributed by atoms with van der Waals surface area (Å²) < 4.78 is 21.9. The van der Waals surface area contributed by atoms with E-state index in [-0.39, 0.29) is 11.9 Å². The Bertz CT molecular complexity index is 1400. The van der Waals surface area contributed by atoms with E-state index in [1.54, 1.807) is 37.1 Å². The number of H-pyrrole nitrogens is 1. The van der Waals surface area contributed by atoms with Gasteiger partial charge in [-0.15, -0.1) is 5.10 Å². The van der Waals surface area contributed by atoms with Crippen LogP contribution >= 0.6 is 0 Å². The van der Waals surface area contributed by atoms with Crippen molar-refractivity contribution in [3.63, 3.8) is 0 Å². The lowest BCUT2D eigenvalue weighted by molar-refractivity contribution is 0.503. The predicted molar refractivity (Wildman–Crippen MR) is 109 cm³/mol. The molecule has 6 heterocycles. The first-order chi connectivity index (χ1) is 15.2. The lowest BCUT2D eigenvalue weighted by atomic mass is 10.0. The van der Waals surface area contributed by atoms with Gasteiger partial charge in [0.25, 0.3) is 0 Å². The zero-order chi connectivity index (χ0) is 20.9. The molecule has 1 aliphatic heterocycles. The smallest absolute Gasteiger partial charge is 0.319 e. The zero-order valence-electron chi connectivity index (χ0n) is 16.5. The maximum absolute atomic E-state index is 14.3. The van der Waals surface area contributed by atoms with E-state index in [9.17, 15) is 4.39 Å². The number of imidazole rings is 1. The third-order valence-electron chi connectivity index (χ3n) is 5.59. The maximum atomic E-state index is 14.3. The third-order valence-corrected chi connectivity index (χ3v) is 5.59. The molecule has 1 N–H and O–H groups in total. The van der Waals surface area contributed by atoms with Gasteiger partial charge in [0, 0.05) is 42.8 Å². The molecule has 0 saturated carbocycles. The molecule has 0 bridgehead atoms. The Morgan fingerprint density at radius 3 is 3.06 bits per heavy atom. The molecule has 1 aliphatic rings. The van der Waals surface area contributed by atoms with Gasteiger partial charge in [-0.2, -0.15) is 5.10 Å². The summed E-state index contributed by atoms with van der Waals surface area (Å²) in [6.45, 7) is 2.56. The molecule has 0 fully saturated rings. The van der Waals surface area contributed by atoms with Crippen LogP contribution in [0.2, 0.25) is 0 Å². The van der Waals surface area contributed by atoms with E-state index in [1.165, 1.54) is 10.6 Å². The highest BCUT2D eigenvalue weighted by atomic mass is 19.1. The third kappa shape index (κ3) is 2.79.